The molecule has 4 nitrogen and oxygen atoms in total. The summed E-state index contributed by atoms with van der Waals surface area (Å²) < 4.78 is 5.63. The average Bonchev–Trinajstić information content (AvgIpc) is 2.43. The number of carbonyl (C=O) groups excluding carboxylic acids is 1. The zero-order valence-electron chi connectivity index (χ0n) is 11.4. The second-order valence-electron chi connectivity index (χ2n) is 5.10. The standard InChI is InChI=1S/C15H22N2O2/c1-11-10-12(5-6-14(11)16)15(18)17-8-7-13-4-2-3-9-19-13/h5-6,10,13H,2-4,7-9,16H2,1H3,(H,17,18). The van der Waals surface area contributed by atoms with Crippen molar-refractivity contribution in [1.82, 2.24) is 5.32 Å². The zero-order valence-corrected chi connectivity index (χ0v) is 11.4. The Labute approximate surface area is 114 Å². The number of hydrogen-bond donors (Lipinski definition) is 2. The van der Waals surface area contributed by atoms with Crippen LogP contribution in [0.25, 0.3) is 0 Å². The number of benzene rings is 1. The van der Waals surface area contributed by atoms with Crippen LogP contribution in [0.5, 0.6) is 0 Å². The molecule has 2 rings (SSSR count). The van der Waals surface area contributed by atoms with E-state index >= 15 is 0 Å². The monoisotopic (exact) mass is 262 g/mol. The normalized spacial score (nSPS) is 19.1. The minimum absolute atomic E-state index is 0.0427. The van der Waals surface area contributed by atoms with E-state index in [1.807, 2.05) is 13.0 Å². The topological polar surface area (TPSA) is 64.3 Å². The molecular formula is C15H22N2O2. The van der Waals surface area contributed by atoms with Crippen LogP contribution in [0.3, 0.4) is 0 Å². The van der Waals surface area contributed by atoms with Crippen LogP contribution >= 0.6 is 0 Å². The van der Waals surface area contributed by atoms with Crippen molar-refractivity contribution in [2.24, 2.45) is 0 Å². The molecule has 1 saturated heterocycles. The van der Waals surface area contributed by atoms with Crippen LogP contribution in [0.15, 0.2) is 18.2 Å². The third kappa shape index (κ3) is 3.96. The number of nitrogens with two attached hydrogens (primary N) is 1. The molecule has 1 amide bonds. The van der Waals surface area contributed by atoms with Gasteiger partial charge in [-0.3, -0.25) is 4.79 Å². The average molecular weight is 262 g/mol. The molecule has 1 aliphatic heterocycles. The fraction of sp³-hybridized carbons (Fsp3) is 0.533. The highest BCUT2D eigenvalue weighted by molar-refractivity contribution is 5.94. The predicted molar refractivity (Wildman–Crippen MR) is 76.1 cm³/mol. The lowest BCUT2D eigenvalue weighted by Crippen LogP contribution is -2.29. The third-order valence-electron chi connectivity index (χ3n) is 3.56. The summed E-state index contributed by atoms with van der Waals surface area (Å²) in [7, 11) is 0. The molecule has 3 N–H and O–H groups in total. The summed E-state index contributed by atoms with van der Waals surface area (Å²) in [5.74, 6) is -0.0427. The van der Waals surface area contributed by atoms with Crippen molar-refractivity contribution >= 4 is 11.6 Å². The maximum Gasteiger partial charge on any atom is 0.251 e. The van der Waals surface area contributed by atoms with Crippen LogP contribution < -0.4 is 11.1 Å². The molecular weight excluding hydrogens is 240 g/mol. The summed E-state index contributed by atoms with van der Waals surface area (Å²) in [4.78, 5) is 12.0. The number of aryl methyl sites for hydroxylation is 1. The van der Waals surface area contributed by atoms with Gasteiger partial charge in [-0.15, -0.1) is 0 Å². The summed E-state index contributed by atoms with van der Waals surface area (Å²) in [5.41, 5.74) is 8.05. The molecule has 0 bridgehead atoms. The van der Waals surface area contributed by atoms with E-state index < -0.39 is 0 Å². The van der Waals surface area contributed by atoms with Gasteiger partial charge in [0.2, 0.25) is 0 Å². The minimum Gasteiger partial charge on any atom is -0.399 e. The van der Waals surface area contributed by atoms with E-state index in [2.05, 4.69) is 5.32 Å². The predicted octanol–water partition coefficient (Wildman–Crippen LogP) is 2.27. The maximum atomic E-state index is 12.0. The van der Waals surface area contributed by atoms with E-state index in [1.165, 1.54) is 6.42 Å². The number of nitrogen functional groups attached to an aromatic ring is 1. The number of rotatable bonds is 4. The van der Waals surface area contributed by atoms with Crippen LogP contribution in [0.4, 0.5) is 5.69 Å². The molecule has 0 radical (unpaired) electrons. The Hall–Kier alpha value is -1.55. The molecule has 1 heterocycles. The summed E-state index contributed by atoms with van der Waals surface area (Å²) in [6.07, 6.45) is 4.70. The Kier molecular flexibility index (Phi) is 4.80. The number of anilines is 1. The largest absolute Gasteiger partial charge is 0.399 e. The second-order valence-corrected chi connectivity index (χ2v) is 5.10. The molecule has 1 unspecified atom stereocenters. The Morgan fingerprint density at radius 1 is 1.47 bits per heavy atom. The van der Waals surface area contributed by atoms with Crippen molar-refractivity contribution in [3.05, 3.63) is 29.3 Å². The molecule has 1 aliphatic rings. The van der Waals surface area contributed by atoms with Crippen molar-refractivity contribution in [3.63, 3.8) is 0 Å². The molecule has 19 heavy (non-hydrogen) atoms. The van der Waals surface area contributed by atoms with E-state index in [0.717, 1.165) is 31.4 Å². The van der Waals surface area contributed by atoms with Crippen molar-refractivity contribution in [1.29, 1.82) is 0 Å². The van der Waals surface area contributed by atoms with Crippen LogP contribution in [0.1, 0.15) is 41.6 Å². The molecule has 0 spiro atoms. The van der Waals surface area contributed by atoms with Gasteiger partial charge >= 0.3 is 0 Å². The Morgan fingerprint density at radius 3 is 3.00 bits per heavy atom. The Bertz CT molecular complexity index is 440. The SMILES string of the molecule is Cc1cc(C(=O)NCCC2CCCCO2)ccc1N. The molecule has 1 aromatic rings. The molecule has 104 valence electrons. The third-order valence-corrected chi connectivity index (χ3v) is 3.56. The Morgan fingerprint density at radius 2 is 2.32 bits per heavy atom. The summed E-state index contributed by atoms with van der Waals surface area (Å²) in [6.45, 7) is 3.42. The first-order chi connectivity index (χ1) is 9.16. The quantitative estimate of drug-likeness (QED) is 0.818. The van der Waals surface area contributed by atoms with Crippen LogP contribution in [-0.2, 0) is 4.74 Å². The van der Waals surface area contributed by atoms with Crippen molar-refractivity contribution in [2.45, 2.75) is 38.7 Å². The molecule has 1 aromatic carbocycles. The summed E-state index contributed by atoms with van der Waals surface area (Å²) in [5, 5.41) is 2.93. The van der Waals surface area contributed by atoms with E-state index in [-0.39, 0.29) is 5.91 Å². The highest BCUT2D eigenvalue weighted by atomic mass is 16.5. The van der Waals surface area contributed by atoms with Crippen molar-refractivity contribution in [3.8, 4) is 0 Å². The second kappa shape index (κ2) is 6.57. The van der Waals surface area contributed by atoms with E-state index in [1.54, 1.807) is 12.1 Å². The maximum absolute atomic E-state index is 12.0. The Balaban J connectivity index is 1.78. The highest BCUT2D eigenvalue weighted by Crippen LogP contribution is 2.15. The molecule has 0 aromatic heterocycles. The number of ether oxygens (including phenoxy) is 1. The van der Waals surface area contributed by atoms with Gasteiger partial charge in [0, 0.05) is 24.4 Å². The first-order valence-corrected chi connectivity index (χ1v) is 6.93. The molecule has 0 aliphatic carbocycles. The van der Waals surface area contributed by atoms with Gasteiger partial charge in [0.15, 0.2) is 0 Å². The van der Waals surface area contributed by atoms with Gasteiger partial charge in [0.05, 0.1) is 6.10 Å². The van der Waals surface area contributed by atoms with Crippen LogP contribution in [-0.4, -0.2) is 25.2 Å². The van der Waals surface area contributed by atoms with Crippen molar-refractivity contribution in [2.75, 3.05) is 18.9 Å². The highest BCUT2D eigenvalue weighted by Gasteiger charge is 2.14. The van der Waals surface area contributed by atoms with Crippen molar-refractivity contribution < 1.29 is 9.53 Å². The lowest BCUT2D eigenvalue weighted by atomic mass is 10.1. The smallest absolute Gasteiger partial charge is 0.251 e. The van der Waals surface area contributed by atoms with Gasteiger partial charge in [0.25, 0.3) is 5.91 Å². The first-order valence-electron chi connectivity index (χ1n) is 6.93. The summed E-state index contributed by atoms with van der Waals surface area (Å²) in [6, 6.07) is 5.35. The molecule has 1 fully saturated rings. The van der Waals surface area contributed by atoms with E-state index in [9.17, 15) is 4.79 Å². The lowest BCUT2D eigenvalue weighted by Gasteiger charge is -2.22. The molecule has 1 atom stereocenters. The van der Waals surface area contributed by atoms with Gasteiger partial charge in [-0.2, -0.15) is 0 Å². The zero-order chi connectivity index (χ0) is 13.7. The molecule has 0 saturated carbocycles. The minimum atomic E-state index is -0.0427. The van der Waals surface area contributed by atoms with Gasteiger partial charge in [-0.25, -0.2) is 0 Å². The van der Waals surface area contributed by atoms with Gasteiger partial charge < -0.3 is 15.8 Å². The number of amides is 1. The van der Waals surface area contributed by atoms with E-state index in [4.69, 9.17) is 10.5 Å². The van der Waals surface area contributed by atoms with E-state index in [0.29, 0.717) is 23.9 Å². The lowest BCUT2D eigenvalue weighted by molar-refractivity contribution is 0.0117. The van der Waals surface area contributed by atoms with Gasteiger partial charge in [0.1, 0.15) is 0 Å². The van der Waals surface area contributed by atoms with Crippen LogP contribution in [0.2, 0.25) is 0 Å². The fourth-order valence-electron chi connectivity index (χ4n) is 2.30. The van der Waals surface area contributed by atoms with Gasteiger partial charge in [-0.05, 0) is 56.4 Å². The summed E-state index contributed by atoms with van der Waals surface area (Å²) >= 11 is 0. The van der Waals surface area contributed by atoms with Gasteiger partial charge in [-0.1, -0.05) is 0 Å². The number of nitrogens with one attached hydrogen (secondary N) is 1. The first kappa shape index (κ1) is 13.9. The number of hydrogen-bond acceptors (Lipinski definition) is 3. The molecule has 4 heteroatoms. The fourth-order valence-corrected chi connectivity index (χ4v) is 2.30. The van der Waals surface area contributed by atoms with Crippen LogP contribution in [0, 0.1) is 6.92 Å². The number of carbonyl (C=O) groups is 1.